The smallest absolute Gasteiger partial charge is 0.308 e. The molecule has 178 valence electrons. The number of carbonyl (C=O) groups excluding carboxylic acids is 2. The summed E-state index contributed by atoms with van der Waals surface area (Å²) in [5.41, 5.74) is 0. The summed E-state index contributed by atoms with van der Waals surface area (Å²) in [4.78, 5) is 43.9. The van der Waals surface area contributed by atoms with Gasteiger partial charge in [0.25, 0.3) is 0 Å². The van der Waals surface area contributed by atoms with Gasteiger partial charge in [0.2, 0.25) is 11.8 Å². The number of hydrogen-bond donors (Lipinski definition) is 2. The van der Waals surface area contributed by atoms with E-state index in [0.29, 0.717) is 25.8 Å². The lowest BCUT2D eigenvalue weighted by atomic mass is 9.66. The zero-order valence-electron chi connectivity index (χ0n) is 19.2. The molecule has 0 radical (unpaired) electrons. The van der Waals surface area contributed by atoms with E-state index in [0.717, 1.165) is 25.7 Å². The summed E-state index contributed by atoms with van der Waals surface area (Å²) in [6.07, 6.45) is 8.79. The summed E-state index contributed by atoms with van der Waals surface area (Å²) >= 11 is 1.55. The van der Waals surface area contributed by atoms with E-state index in [1.807, 2.05) is 18.7 Å². The Morgan fingerprint density at radius 3 is 2.56 bits per heavy atom. The van der Waals surface area contributed by atoms with Crippen LogP contribution in [-0.2, 0) is 14.4 Å². The molecule has 2 unspecified atom stereocenters. The second-order valence-electron chi connectivity index (χ2n) is 10.1. The molecule has 0 aromatic rings. The van der Waals surface area contributed by atoms with E-state index < -0.39 is 39.4 Å². The Bertz CT molecular complexity index is 795. The Morgan fingerprint density at radius 2 is 2.00 bits per heavy atom. The van der Waals surface area contributed by atoms with Crippen LogP contribution < -0.4 is 0 Å². The maximum Gasteiger partial charge on any atom is 0.308 e. The van der Waals surface area contributed by atoms with Gasteiger partial charge < -0.3 is 20.0 Å². The number of likely N-dealkylation sites (tertiary alicyclic amines) is 1. The van der Waals surface area contributed by atoms with E-state index in [4.69, 9.17) is 0 Å². The number of amides is 2. The Labute approximate surface area is 194 Å². The molecule has 1 aliphatic carbocycles. The molecule has 7 nitrogen and oxygen atoms in total. The van der Waals surface area contributed by atoms with Gasteiger partial charge >= 0.3 is 5.97 Å². The number of aliphatic carboxylic acids is 1. The number of aliphatic hydroxyl groups is 1. The van der Waals surface area contributed by atoms with E-state index in [2.05, 4.69) is 6.58 Å². The fourth-order valence-electron chi connectivity index (χ4n) is 6.93. The van der Waals surface area contributed by atoms with Crippen LogP contribution in [0.5, 0.6) is 0 Å². The van der Waals surface area contributed by atoms with Gasteiger partial charge in [-0.25, -0.2) is 0 Å². The first-order chi connectivity index (χ1) is 15.3. The molecular weight excluding hydrogens is 428 g/mol. The minimum Gasteiger partial charge on any atom is -0.481 e. The van der Waals surface area contributed by atoms with Crippen molar-refractivity contribution in [2.24, 2.45) is 11.8 Å². The summed E-state index contributed by atoms with van der Waals surface area (Å²) in [7, 11) is 0. The number of nitrogens with zero attached hydrogens (tertiary/aromatic N) is 2. The van der Waals surface area contributed by atoms with Crippen molar-refractivity contribution in [2.45, 2.75) is 92.8 Å². The van der Waals surface area contributed by atoms with E-state index in [1.165, 1.54) is 6.42 Å². The van der Waals surface area contributed by atoms with Gasteiger partial charge in [0.15, 0.2) is 0 Å². The molecule has 0 aromatic carbocycles. The van der Waals surface area contributed by atoms with Gasteiger partial charge in [-0.1, -0.05) is 32.3 Å². The van der Waals surface area contributed by atoms with Crippen molar-refractivity contribution < 1.29 is 24.6 Å². The lowest BCUT2D eigenvalue weighted by molar-refractivity contribution is -0.151. The molecule has 2 bridgehead atoms. The Kier molecular flexibility index (Phi) is 6.40. The first-order valence-electron chi connectivity index (χ1n) is 12.0. The first-order valence-corrected chi connectivity index (χ1v) is 12.8. The third-order valence-electron chi connectivity index (χ3n) is 8.41. The molecule has 1 saturated carbocycles. The predicted octanol–water partition coefficient (Wildman–Crippen LogP) is 2.67. The average molecular weight is 465 g/mol. The molecular formula is C24H36N2O5S. The average Bonchev–Trinajstić information content (AvgIpc) is 3.34. The van der Waals surface area contributed by atoms with E-state index in [-0.39, 0.29) is 24.5 Å². The van der Waals surface area contributed by atoms with Gasteiger partial charge in [-0.3, -0.25) is 14.4 Å². The van der Waals surface area contributed by atoms with Crippen molar-refractivity contribution in [1.82, 2.24) is 9.80 Å². The molecule has 3 aliphatic heterocycles. The zero-order chi connectivity index (χ0) is 23.3. The van der Waals surface area contributed by atoms with Gasteiger partial charge in [-0.05, 0) is 39.0 Å². The third-order valence-corrected chi connectivity index (χ3v) is 10.4. The summed E-state index contributed by atoms with van der Waals surface area (Å²) in [5, 5.41) is 20.2. The van der Waals surface area contributed by atoms with Crippen molar-refractivity contribution in [3.8, 4) is 0 Å². The fraction of sp³-hybridized carbons (Fsp3) is 0.792. The summed E-state index contributed by atoms with van der Waals surface area (Å²) in [5.74, 6) is -2.86. The van der Waals surface area contributed by atoms with Crippen LogP contribution in [0.4, 0.5) is 0 Å². The topological polar surface area (TPSA) is 98.2 Å². The molecule has 3 saturated heterocycles. The highest BCUT2D eigenvalue weighted by molar-refractivity contribution is 8.02. The molecule has 4 aliphatic rings. The Hall–Kier alpha value is -1.54. The van der Waals surface area contributed by atoms with E-state index in [1.54, 1.807) is 22.7 Å². The second-order valence-corrected chi connectivity index (χ2v) is 12.0. The predicted molar refractivity (Wildman–Crippen MR) is 123 cm³/mol. The summed E-state index contributed by atoms with van der Waals surface area (Å²) < 4.78 is -1.30. The highest BCUT2D eigenvalue weighted by atomic mass is 32.2. The summed E-state index contributed by atoms with van der Waals surface area (Å²) in [6, 6.07) is -1.12. The molecule has 2 N–H and O–H groups in total. The number of carbonyl (C=O) groups is 3. The lowest BCUT2D eigenvalue weighted by Crippen LogP contribution is -2.59. The van der Waals surface area contributed by atoms with Gasteiger partial charge in [-0.2, -0.15) is 0 Å². The molecule has 1 spiro atoms. The third kappa shape index (κ3) is 3.31. The standard InChI is InChI=1S/C24H36N2O5S/c1-4-13-25(16-9-7-6-8-10-16)21(29)19-24-12-11-23(3,32-24)18(22(30)31)17(24)20(28)26(19)15(5-2)14-27/h4,15-19,27H,1,5-14H2,2-3H3,(H,30,31)/t15-,17-,18+,19?,23-,24?/m0/s1. The van der Waals surface area contributed by atoms with Crippen LogP contribution in [0.1, 0.15) is 65.2 Å². The van der Waals surface area contributed by atoms with Crippen LogP contribution in [-0.4, -0.2) is 78.6 Å². The highest BCUT2D eigenvalue weighted by Gasteiger charge is 2.78. The maximum absolute atomic E-state index is 14.3. The van der Waals surface area contributed by atoms with Crippen LogP contribution in [0.2, 0.25) is 0 Å². The number of rotatable bonds is 8. The number of thioether (sulfide) groups is 1. The number of fused-ring (bicyclic) bond motifs is 1. The van der Waals surface area contributed by atoms with Crippen molar-refractivity contribution in [2.75, 3.05) is 13.2 Å². The van der Waals surface area contributed by atoms with Crippen molar-refractivity contribution in [3.63, 3.8) is 0 Å². The minimum absolute atomic E-state index is 0.0951. The Balaban J connectivity index is 1.79. The monoisotopic (exact) mass is 464 g/mol. The second kappa shape index (κ2) is 8.67. The number of aliphatic hydroxyl groups excluding tert-OH is 1. The molecule has 4 fully saturated rings. The van der Waals surface area contributed by atoms with Crippen LogP contribution in [0.3, 0.4) is 0 Å². The van der Waals surface area contributed by atoms with Crippen molar-refractivity contribution >= 4 is 29.5 Å². The number of carboxylic acids is 1. The van der Waals surface area contributed by atoms with Gasteiger partial charge in [0, 0.05) is 17.3 Å². The van der Waals surface area contributed by atoms with Crippen LogP contribution in [0.25, 0.3) is 0 Å². The molecule has 8 heteroatoms. The van der Waals surface area contributed by atoms with E-state index in [9.17, 15) is 24.6 Å². The normalized spacial score (nSPS) is 37.4. The minimum atomic E-state index is -0.958. The first kappa shape index (κ1) is 23.6. The molecule has 4 rings (SSSR count). The quantitative estimate of drug-likeness (QED) is 0.536. The largest absolute Gasteiger partial charge is 0.481 e. The van der Waals surface area contributed by atoms with Crippen molar-refractivity contribution in [3.05, 3.63) is 12.7 Å². The van der Waals surface area contributed by atoms with Gasteiger partial charge in [0.1, 0.15) is 6.04 Å². The van der Waals surface area contributed by atoms with Crippen LogP contribution >= 0.6 is 11.8 Å². The van der Waals surface area contributed by atoms with Crippen molar-refractivity contribution in [1.29, 1.82) is 0 Å². The Morgan fingerprint density at radius 1 is 1.31 bits per heavy atom. The maximum atomic E-state index is 14.3. The molecule has 6 atom stereocenters. The molecule has 0 aromatic heterocycles. The number of hydrogen-bond acceptors (Lipinski definition) is 5. The molecule has 2 amide bonds. The van der Waals surface area contributed by atoms with Crippen LogP contribution in [0, 0.1) is 11.8 Å². The molecule has 32 heavy (non-hydrogen) atoms. The molecule has 3 heterocycles. The summed E-state index contributed by atoms with van der Waals surface area (Å²) in [6.45, 7) is 7.88. The van der Waals surface area contributed by atoms with Crippen LogP contribution in [0.15, 0.2) is 12.7 Å². The lowest BCUT2D eigenvalue weighted by Gasteiger charge is -2.42. The SMILES string of the molecule is C=CCN(C(=O)C1N([C@@H](CC)CO)C(=O)[C@@H]2[C@H](C(=O)O)[C@]3(C)CCC12S3)C1CCCCC1. The van der Waals surface area contributed by atoms with E-state index >= 15 is 0 Å². The zero-order valence-corrected chi connectivity index (χ0v) is 20.0. The fourth-order valence-corrected chi connectivity index (χ4v) is 9.26. The van der Waals surface area contributed by atoms with Gasteiger partial charge in [0.05, 0.1) is 29.2 Å². The number of carboxylic acid groups (broad SMARTS) is 1. The highest BCUT2D eigenvalue weighted by Crippen LogP contribution is 2.71. The van der Waals surface area contributed by atoms with Gasteiger partial charge in [-0.15, -0.1) is 18.3 Å².